The van der Waals surface area contributed by atoms with Crippen LogP contribution in [0, 0.1) is 17.1 Å². The zero-order chi connectivity index (χ0) is 37.5. The van der Waals surface area contributed by atoms with Gasteiger partial charge in [0, 0.05) is 54.2 Å². The molecule has 0 bridgehead atoms. The Morgan fingerprint density at radius 1 is 1.14 bits per heavy atom. The van der Waals surface area contributed by atoms with Gasteiger partial charge in [-0.3, -0.25) is 24.2 Å². The SMILES string of the molecule is CC1(O[Si](C)(C)C(C)(C)C)C[C@@H](CC(=O)N(c2cccc(F)c2)C(C(=O)NC2CC(F)(F)C2)c2ccccc2Cl)N(c2cc(C#N)ccn2)C1=O. The lowest BCUT2D eigenvalue weighted by Crippen LogP contribution is -2.54. The third-order valence-electron chi connectivity index (χ3n) is 9.98. The number of aromatic nitrogens is 1. The minimum atomic E-state index is -2.93. The van der Waals surface area contributed by atoms with Crippen LogP contribution in [0.15, 0.2) is 66.9 Å². The second-order valence-corrected chi connectivity index (χ2v) is 20.1. The van der Waals surface area contributed by atoms with E-state index >= 15 is 0 Å². The molecule has 1 saturated carbocycles. The van der Waals surface area contributed by atoms with Crippen molar-refractivity contribution in [1.29, 1.82) is 5.26 Å². The average molecular weight is 740 g/mol. The van der Waals surface area contributed by atoms with E-state index in [1.54, 1.807) is 19.1 Å². The number of anilines is 2. The molecule has 3 atom stereocenters. The van der Waals surface area contributed by atoms with E-state index in [0.717, 1.165) is 11.0 Å². The van der Waals surface area contributed by atoms with Gasteiger partial charge < -0.3 is 9.74 Å². The van der Waals surface area contributed by atoms with Gasteiger partial charge >= 0.3 is 0 Å². The monoisotopic (exact) mass is 739 g/mol. The fourth-order valence-corrected chi connectivity index (χ4v) is 8.27. The Morgan fingerprint density at radius 2 is 1.82 bits per heavy atom. The van der Waals surface area contributed by atoms with Crippen LogP contribution in [-0.4, -0.2) is 54.6 Å². The van der Waals surface area contributed by atoms with Crippen LogP contribution in [-0.2, 0) is 18.8 Å². The van der Waals surface area contributed by atoms with Gasteiger partial charge in [0.2, 0.25) is 11.8 Å². The molecule has 14 heteroatoms. The molecule has 0 spiro atoms. The van der Waals surface area contributed by atoms with Gasteiger partial charge in [0.05, 0.1) is 17.7 Å². The second-order valence-electron chi connectivity index (χ2n) is 15.0. The minimum Gasteiger partial charge on any atom is -0.403 e. The molecule has 2 aliphatic rings. The fraction of sp³-hybridized carbons (Fsp3) is 0.432. The van der Waals surface area contributed by atoms with E-state index in [2.05, 4.69) is 10.3 Å². The standard InChI is InChI=1S/C37H41ClF3N5O4Si/c1-35(2,3)51(5,6)50-36(4)21-27(45(34(36)49)30-16-23(22-42)14-15-43-30)18-31(47)46(26-11-9-10-24(39)17-26)32(28-12-7-8-13-29(28)38)33(48)44-25-19-37(40,41)20-25/h7-17,25,27,32H,18-21H2,1-6H3,(H,44,48)/t27-,32?,36?/m1/s1. The fourth-order valence-electron chi connectivity index (χ4n) is 6.43. The molecular formula is C37H41ClF3N5O4Si. The first-order valence-corrected chi connectivity index (χ1v) is 19.9. The lowest BCUT2D eigenvalue weighted by Gasteiger charge is -2.41. The molecule has 9 nitrogen and oxygen atoms in total. The van der Waals surface area contributed by atoms with Gasteiger partial charge in [-0.1, -0.05) is 56.6 Å². The zero-order valence-corrected chi connectivity index (χ0v) is 31.1. The van der Waals surface area contributed by atoms with Crippen LogP contribution in [0.1, 0.15) is 70.5 Å². The number of carbonyl (C=O) groups excluding carboxylic acids is 3. The molecule has 270 valence electrons. The highest BCUT2D eigenvalue weighted by Gasteiger charge is 2.55. The topological polar surface area (TPSA) is 116 Å². The van der Waals surface area contributed by atoms with Crippen LogP contribution in [0.3, 0.4) is 0 Å². The molecule has 5 rings (SSSR count). The highest BCUT2D eigenvalue weighted by Crippen LogP contribution is 2.45. The summed E-state index contributed by atoms with van der Waals surface area (Å²) in [6, 6.07) is 13.2. The minimum absolute atomic E-state index is 0.0137. The lowest BCUT2D eigenvalue weighted by atomic mass is 9.87. The second kappa shape index (κ2) is 14.0. The number of rotatable bonds is 10. The van der Waals surface area contributed by atoms with Crippen LogP contribution >= 0.6 is 11.6 Å². The van der Waals surface area contributed by atoms with Crippen molar-refractivity contribution in [2.45, 2.75) is 101 Å². The molecule has 3 aromatic rings. The number of amides is 3. The predicted molar refractivity (Wildman–Crippen MR) is 190 cm³/mol. The quantitative estimate of drug-likeness (QED) is 0.213. The van der Waals surface area contributed by atoms with Gasteiger partial charge in [-0.15, -0.1) is 0 Å². The van der Waals surface area contributed by atoms with Crippen molar-refractivity contribution in [1.82, 2.24) is 10.3 Å². The number of carbonyl (C=O) groups is 3. The van der Waals surface area contributed by atoms with E-state index in [-0.39, 0.29) is 45.5 Å². The summed E-state index contributed by atoms with van der Waals surface area (Å²) in [6.07, 6.45) is -0.0665. The van der Waals surface area contributed by atoms with Crippen molar-refractivity contribution in [3.63, 3.8) is 0 Å². The average Bonchev–Trinajstić information content (AvgIpc) is 3.26. The Hall–Kier alpha value is -4.25. The third kappa shape index (κ3) is 7.98. The Labute approximate surface area is 301 Å². The van der Waals surface area contributed by atoms with Crippen molar-refractivity contribution in [3.05, 3.63) is 88.8 Å². The summed E-state index contributed by atoms with van der Waals surface area (Å²) in [5.74, 6) is -5.39. The number of hydrogen-bond donors (Lipinski definition) is 1. The van der Waals surface area contributed by atoms with Crippen LogP contribution in [0.5, 0.6) is 0 Å². The van der Waals surface area contributed by atoms with E-state index in [1.807, 2.05) is 39.9 Å². The van der Waals surface area contributed by atoms with Crippen LogP contribution in [0.25, 0.3) is 0 Å². The van der Waals surface area contributed by atoms with Gasteiger partial charge in [0.25, 0.3) is 11.8 Å². The zero-order valence-electron chi connectivity index (χ0n) is 29.3. The van der Waals surface area contributed by atoms with Crippen molar-refractivity contribution in [2.75, 3.05) is 9.80 Å². The predicted octanol–water partition coefficient (Wildman–Crippen LogP) is 7.71. The molecule has 2 aromatic carbocycles. The number of nitriles is 1. The molecule has 51 heavy (non-hydrogen) atoms. The van der Waals surface area contributed by atoms with Crippen LogP contribution in [0.4, 0.5) is 24.7 Å². The summed E-state index contributed by atoms with van der Waals surface area (Å²) in [5.41, 5.74) is -0.930. The lowest BCUT2D eigenvalue weighted by molar-refractivity contribution is -0.133. The van der Waals surface area contributed by atoms with Crippen molar-refractivity contribution in [3.8, 4) is 6.07 Å². The van der Waals surface area contributed by atoms with Crippen molar-refractivity contribution < 1.29 is 32.0 Å². The van der Waals surface area contributed by atoms with Crippen LogP contribution in [0.2, 0.25) is 23.2 Å². The molecule has 1 saturated heterocycles. The van der Waals surface area contributed by atoms with Gasteiger partial charge in [0.1, 0.15) is 23.3 Å². The molecule has 2 fully saturated rings. The maximum Gasteiger partial charge on any atom is 0.259 e. The van der Waals surface area contributed by atoms with Crippen LogP contribution < -0.4 is 15.1 Å². The number of hydrogen-bond acceptors (Lipinski definition) is 6. The molecule has 1 N–H and O–H groups in total. The first-order valence-electron chi connectivity index (χ1n) is 16.7. The Morgan fingerprint density at radius 3 is 2.43 bits per heavy atom. The molecule has 0 radical (unpaired) electrons. The van der Waals surface area contributed by atoms with E-state index in [0.29, 0.717) is 0 Å². The summed E-state index contributed by atoms with van der Waals surface area (Å²) in [7, 11) is -2.57. The largest absolute Gasteiger partial charge is 0.403 e. The molecule has 1 aliphatic carbocycles. The number of benzene rings is 2. The molecule has 2 unspecified atom stereocenters. The first-order chi connectivity index (χ1) is 23.7. The summed E-state index contributed by atoms with van der Waals surface area (Å²) >= 11 is 6.60. The number of pyridine rings is 1. The summed E-state index contributed by atoms with van der Waals surface area (Å²) < 4.78 is 49.1. The summed E-state index contributed by atoms with van der Waals surface area (Å²) in [4.78, 5) is 50.1. The van der Waals surface area contributed by atoms with Gasteiger partial charge in [-0.25, -0.2) is 18.2 Å². The van der Waals surface area contributed by atoms with E-state index < -0.39 is 74.3 Å². The molecular weight excluding hydrogens is 699 g/mol. The van der Waals surface area contributed by atoms with Crippen molar-refractivity contribution in [2.24, 2.45) is 0 Å². The Balaban J connectivity index is 1.59. The number of nitrogens with zero attached hydrogens (tertiary/aromatic N) is 4. The third-order valence-corrected chi connectivity index (χ3v) is 14.9. The normalized spacial score (nSPS) is 21.1. The van der Waals surface area contributed by atoms with Gasteiger partial charge in [-0.05, 0) is 61.5 Å². The van der Waals surface area contributed by atoms with Crippen molar-refractivity contribution >= 4 is 49.1 Å². The molecule has 1 aliphatic heterocycles. The first kappa shape index (κ1) is 38.0. The number of halogens is 4. The maximum atomic E-state index is 14.8. The number of alkyl halides is 2. The maximum absolute atomic E-state index is 14.8. The molecule has 2 heterocycles. The van der Waals surface area contributed by atoms with Gasteiger partial charge in [0.15, 0.2) is 8.32 Å². The highest BCUT2D eigenvalue weighted by molar-refractivity contribution is 6.74. The van der Waals surface area contributed by atoms with Gasteiger partial charge in [-0.2, -0.15) is 5.26 Å². The Kier molecular flexibility index (Phi) is 10.5. The number of nitrogens with one attached hydrogen (secondary N) is 1. The summed E-state index contributed by atoms with van der Waals surface area (Å²) in [6.45, 7) is 11.8. The Bertz CT molecular complexity index is 1870. The van der Waals surface area contributed by atoms with E-state index in [4.69, 9.17) is 16.0 Å². The molecule has 3 amide bonds. The molecule has 1 aromatic heterocycles. The van der Waals surface area contributed by atoms with E-state index in [9.17, 15) is 32.8 Å². The van der Waals surface area contributed by atoms with E-state index in [1.165, 1.54) is 53.6 Å². The smallest absolute Gasteiger partial charge is 0.259 e. The summed E-state index contributed by atoms with van der Waals surface area (Å²) in [5, 5.41) is 12.1. The highest BCUT2D eigenvalue weighted by atomic mass is 35.5.